The summed E-state index contributed by atoms with van der Waals surface area (Å²) < 4.78 is 0.217. The molecule has 15 heavy (non-hydrogen) atoms. The van der Waals surface area contributed by atoms with E-state index >= 15 is 0 Å². The molecule has 0 unspecified atom stereocenters. The molecule has 2 rings (SSSR count). The van der Waals surface area contributed by atoms with Crippen LogP contribution in [0.5, 0.6) is 0 Å². The van der Waals surface area contributed by atoms with Crippen LogP contribution >= 0.6 is 12.2 Å². The lowest BCUT2D eigenvalue weighted by Crippen LogP contribution is -2.12. The fourth-order valence-corrected chi connectivity index (χ4v) is 1.53. The van der Waals surface area contributed by atoms with Gasteiger partial charge in [0.05, 0.1) is 10.9 Å². The van der Waals surface area contributed by atoms with Gasteiger partial charge in [0.2, 0.25) is 5.91 Å². The molecule has 0 aliphatic rings. The average molecular weight is 221 g/mol. The summed E-state index contributed by atoms with van der Waals surface area (Å²) >= 11 is 4.81. The van der Waals surface area contributed by atoms with E-state index in [2.05, 4.69) is 9.97 Å². The van der Waals surface area contributed by atoms with Crippen molar-refractivity contribution in [2.75, 3.05) is 0 Å². The van der Waals surface area contributed by atoms with Crippen molar-refractivity contribution in [1.29, 1.82) is 0 Å². The number of benzene rings is 1. The lowest BCUT2D eigenvalue weighted by molar-refractivity contribution is 0.100. The highest BCUT2D eigenvalue weighted by Crippen LogP contribution is 2.08. The van der Waals surface area contributed by atoms with Crippen LogP contribution in [0.4, 0.5) is 0 Å². The number of H-pyrrole nitrogens is 2. The van der Waals surface area contributed by atoms with Crippen molar-refractivity contribution < 1.29 is 4.79 Å². The van der Waals surface area contributed by atoms with Crippen molar-refractivity contribution in [2.24, 2.45) is 5.73 Å². The highest BCUT2D eigenvalue weighted by atomic mass is 32.1. The maximum atomic E-state index is 11.4. The second-order valence-electron chi connectivity index (χ2n) is 3.03. The number of nitrogens with two attached hydrogens (primary N) is 1. The maximum Gasteiger partial charge on any atom is 0.259 e. The van der Waals surface area contributed by atoms with Crippen molar-refractivity contribution in [2.45, 2.75) is 0 Å². The van der Waals surface area contributed by atoms with E-state index in [4.69, 9.17) is 18.0 Å². The molecule has 1 amide bonds. The molecule has 4 N–H and O–H groups in total. The van der Waals surface area contributed by atoms with Crippen LogP contribution in [-0.4, -0.2) is 15.9 Å². The van der Waals surface area contributed by atoms with E-state index in [0.29, 0.717) is 16.5 Å². The Labute approximate surface area is 88.9 Å². The van der Waals surface area contributed by atoms with Gasteiger partial charge in [-0.3, -0.25) is 14.6 Å². The summed E-state index contributed by atoms with van der Waals surface area (Å²) in [5, 5.41) is 0.439. The Morgan fingerprint density at radius 2 is 2.07 bits per heavy atom. The fraction of sp³-hybridized carbons (Fsp3) is 0. The van der Waals surface area contributed by atoms with E-state index in [1.54, 1.807) is 0 Å². The van der Waals surface area contributed by atoms with Gasteiger partial charge in [-0.1, -0.05) is 0 Å². The number of primary amides is 1. The Morgan fingerprint density at radius 3 is 2.73 bits per heavy atom. The highest BCUT2D eigenvalue weighted by Gasteiger charge is 2.04. The average Bonchev–Trinajstić information content (AvgIpc) is 2.16. The number of fused-ring (bicyclic) bond motifs is 1. The van der Waals surface area contributed by atoms with E-state index in [0.717, 1.165) is 0 Å². The second-order valence-corrected chi connectivity index (χ2v) is 3.44. The van der Waals surface area contributed by atoms with Crippen LogP contribution in [0.1, 0.15) is 10.4 Å². The van der Waals surface area contributed by atoms with Gasteiger partial charge < -0.3 is 10.7 Å². The molecule has 2 aromatic rings. The molecule has 0 saturated carbocycles. The zero-order valence-electron chi connectivity index (χ0n) is 7.53. The predicted molar refractivity (Wildman–Crippen MR) is 58.3 cm³/mol. The Hall–Kier alpha value is -1.95. The maximum absolute atomic E-state index is 11.4. The van der Waals surface area contributed by atoms with Gasteiger partial charge >= 0.3 is 0 Å². The normalized spacial score (nSPS) is 10.4. The smallest absolute Gasteiger partial charge is 0.259 e. The van der Waals surface area contributed by atoms with Crippen LogP contribution < -0.4 is 11.3 Å². The van der Waals surface area contributed by atoms with Crippen molar-refractivity contribution in [3.8, 4) is 0 Å². The summed E-state index contributed by atoms with van der Waals surface area (Å²) in [6.45, 7) is 0. The molecule has 0 spiro atoms. The van der Waals surface area contributed by atoms with Gasteiger partial charge in [0.15, 0.2) is 4.77 Å². The van der Waals surface area contributed by atoms with Gasteiger partial charge in [0.25, 0.3) is 5.56 Å². The predicted octanol–water partition coefficient (Wildman–Crippen LogP) is 0.685. The van der Waals surface area contributed by atoms with Crippen LogP contribution in [0.3, 0.4) is 0 Å². The minimum absolute atomic E-state index is 0.217. The molecule has 1 aromatic carbocycles. The van der Waals surface area contributed by atoms with E-state index in [9.17, 15) is 9.59 Å². The quantitative estimate of drug-likeness (QED) is 0.618. The topological polar surface area (TPSA) is 91.7 Å². The first-order valence-corrected chi connectivity index (χ1v) is 4.55. The molecule has 0 atom stereocenters. The monoisotopic (exact) mass is 221 g/mol. The van der Waals surface area contributed by atoms with Gasteiger partial charge in [-0.05, 0) is 30.4 Å². The third kappa shape index (κ3) is 1.66. The zero-order valence-corrected chi connectivity index (χ0v) is 8.35. The number of hydrogen-bond acceptors (Lipinski definition) is 3. The number of nitrogens with one attached hydrogen (secondary N) is 2. The van der Waals surface area contributed by atoms with Crippen molar-refractivity contribution in [1.82, 2.24) is 9.97 Å². The molecule has 1 heterocycles. The highest BCUT2D eigenvalue weighted by molar-refractivity contribution is 7.71. The number of carbonyl (C=O) groups excluding carboxylic acids is 1. The number of amides is 1. The van der Waals surface area contributed by atoms with Crippen molar-refractivity contribution in [3.63, 3.8) is 0 Å². The molecule has 0 radical (unpaired) electrons. The third-order valence-electron chi connectivity index (χ3n) is 2.02. The molecule has 0 aliphatic carbocycles. The minimum Gasteiger partial charge on any atom is -0.366 e. The van der Waals surface area contributed by atoms with Crippen molar-refractivity contribution >= 4 is 29.0 Å². The molecule has 0 aliphatic heterocycles. The fourth-order valence-electron chi connectivity index (χ4n) is 1.32. The van der Waals surface area contributed by atoms with Gasteiger partial charge in [-0.2, -0.15) is 0 Å². The second kappa shape index (κ2) is 3.32. The van der Waals surface area contributed by atoms with Crippen LogP contribution in [0.15, 0.2) is 23.0 Å². The molecule has 0 fully saturated rings. The first kappa shape index (κ1) is 9.60. The largest absolute Gasteiger partial charge is 0.366 e. The van der Waals surface area contributed by atoms with Gasteiger partial charge in [0.1, 0.15) is 0 Å². The minimum atomic E-state index is -0.545. The summed E-state index contributed by atoms with van der Waals surface area (Å²) in [5.41, 5.74) is 5.66. The lowest BCUT2D eigenvalue weighted by atomic mass is 10.1. The number of rotatable bonds is 1. The van der Waals surface area contributed by atoms with Crippen molar-refractivity contribution in [3.05, 3.63) is 38.9 Å². The van der Waals surface area contributed by atoms with Crippen LogP contribution in [-0.2, 0) is 0 Å². The molecule has 0 bridgehead atoms. The number of aromatic amines is 2. The van der Waals surface area contributed by atoms with Gasteiger partial charge in [0, 0.05) is 5.56 Å². The molecule has 1 aromatic heterocycles. The Morgan fingerprint density at radius 1 is 1.33 bits per heavy atom. The van der Waals surface area contributed by atoms with Crippen LogP contribution in [0.25, 0.3) is 10.9 Å². The van der Waals surface area contributed by atoms with E-state index in [-0.39, 0.29) is 10.3 Å². The Bertz CT molecular complexity index is 656. The van der Waals surface area contributed by atoms with E-state index in [1.807, 2.05) is 0 Å². The summed E-state index contributed by atoms with van der Waals surface area (Å²) in [6, 6.07) is 4.53. The van der Waals surface area contributed by atoms with Gasteiger partial charge in [-0.25, -0.2) is 0 Å². The number of carbonyl (C=O) groups is 1. The van der Waals surface area contributed by atoms with E-state index in [1.165, 1.54) is 18.2 Å². The number of aromatic nitrogens is 2. The molecule has 0 saturated heterocycles. The third-order valence-corrected chi connectivity index (χ3v) is 2.23. The molecule has 76 valence electrons. The number of hydrogen-bond donors (Lipinski definition) is 3. The molecular weight excluding hydrogens is 214 g/mol. The zero-order chi connectivity index (χ0) is 11.0. The van der Waals surface area contributed by atoms with Crippen LogP contribution in [0.2, 0.25) is 0 Å². The molecule has 6 heteroatoms. The Kier molecular flexibility index (Phi) is 2.12. The first-order valence-electron chi connectivity index (χ1n) is 4.14. The standard InChI is InChI=1S/C9H7N3O2S/c10-7(13)4-1-2-5-6(3-4)11-9(15)12-8(5)14/h1-3H,(H2,10,13)(H2,11,12,14,15). The molecule has 5 nitrogen and oxygen atoms in total. The summed E-state index contributed by atoms with van der Waals surface area (Å²) in [6.07, 6.45) is 0. The first-order chi connectivity index (χ1) is 7.08. The molecular formula is C9H7N3O2S. The van der Waals surface area contributed by atoms with Gasteiger partial charge in [-0.15, -0.1) is 0 Å². The summed E-state index contributed by atoms with van der Waals surface area (Å²) in [5.74, 6) is -0.545. The summed E-state index contributed by atoms with van der Waals surface area (Å²) in [4.78, 5) is 27.6. The van der Waals surface area contributed by atoms with Crippen LogP contribution in [0, 0.1) is 4.77 Å². The Balaban J connectivity index is 2.88. The van der Waals surface area contributed by atoms with E-state index < -0.39 is 5.91 Å². The lowest BCUT2D eigenvalue weighted by Gasteiger charge is -1.99. The SMILES string of the molecule is NC(=O)c1ccc2c(=O)[nH]c(=S)[nH]c2c1. The summed E-state index contributed by atoms with van der Waals surface area (Å²) in [7, 11) is 0.